The van der Waals surface area contributed by atoms with E-state index in [-0.39, 0.29) is 0 Å². The van der Waals surface area contributed by atoms with Crippen molar-refractivity contribution in [2.75, 3.05) is 33.2 Å². The van der Waals surface area contributed by atoms with Gasteiger partial charge in [0.05, 0.1) is 5.69 Å². The van der Waals surface area contributed by atoms with Crippen molar-refractivity contribution in [3.05, 3.63) is 41.0 Å². The zero-order chi connectivity index (χ0) is 16.0. The predicted octanol–water partition coefficient (Wildman–Crippen LogP) is 1.58. The van der Waals surface area contributed by atoms with Gasteiger partial charge in [0, 0.05) is 32.6 Å². The highest BCUT2D eigenvalue weighted by molar-refractivity contribution is 5.86. The molecule has 1 fully saturated rings. The van der Waals surface area contributed by atoms with Gasteiger partial charge < -0.3 is 9.80 Å². The standard InChI is InChI=1S/C17H22N6/c1-12-4-5-14-11-16-18-13(2)20-23(16)17(19-15(14)10-12)22-8-6-21(3)7-9-22/h4-5,10H,6-9,11H2,1-3H3. The summed E-state index contributed by atoms with van der Waals surface area (Å²) in [5.41, 5.74) is 3.49. The number of aliphatic imine (C=N–C) groups is 1. The van der Waals surface area contributed by atoms with Crippen LogP contribution in [0.2, 0.25) is 0 Å². The van der Waals surface area contributed by atoms with Gasteiger partial charge in [0.25, 0.3) is 0 Å². The van der Waals surface area contributed by atoms with Crippen LogP contribution >= 0.6 is 0 Å². The first-order valence-electron chi connectivity index (χ1n) is 8.15. The Kier molecular flexibility index (Phi) is 3.41. The van der Waals surface area contributed by atoms with Gasteiger partial charge >= 0.3 is 0 Å². The van der Waals surface area contributed by atoms with Gasteiger partial charge in [-0.3, -0.25) is 0 Å². The summed E-state index contributed by atoms with van der Waals surface area (Å²) in [6.07, 6.45) is 0.775. The van der Waals surface area contributed by atoms with Gasteiger partial charge in [-0.05, 0) is 38.1 Å². The van der Waals surface area contributed by atoms with Gasteiger partial charge in [0.1, 0.15) is 11.6 Å². The first kappa shape index (κ1) is 14.4. The van der Waals surface area contributed by atoms with E-state index in [1.165, 1.54) is 11.1 Å². The van der Waals surface area contributed by atoms with Crippen LogP contribution in [0.25, 0.3) is 0 Å². The molecule has 0 radical (unpaired) electrons. The van der Waals surface area contributed by atoms with Gasteiger partial charge in [-0.25, -0.2) is 9.98 Å². The van der Waals surface area contributed by atoms with Gasteiger partial charge in [-0.2, -0.15) is 4.68 Å². The number of benzene rings is 1. The Bertz CT molecular complexity index is 767. The Morgan fingerprint density at radius 1 is 1.04 bits per heavy atom. The number of fused-ring (bicyclic) bond motifs is 2. The molecule has 6 heteroatoms. The van der Waals surface area contributed by atoms with Crippen LogP contribution in [0.4, 0.5) is 5.69 Å². The van der Waals surface area contributed by atoms with Crippen molar-refractivity contribution in [3.63, 3.8) is 0 Å². The van der Waals surface area contributed by atoms with Crippen molar-refractivity contribution < 1.29 is 0 Å². The second-order valence-electron chi connectivity index (χ2n) is 6.50. The lowest BCUT2D eigenvalue weighted by molar-refractivity contribution is 0.211. The summed E-state index contributed by atoms with van der Waals surface area (Å²) in [6.45, 7) is 8.07. The second-order valence-corrected chi connectivity index (χ2v) is 6.50. The van der Waals surface area contributed by atoms with E-state index < -0.39 is 0 Å². The molecule has 0 unspecified atom stereocenters. The van der Waals surface area contributed by atoms with Crippen LogP contribution in [0.15, 0.2) is 23.2 Å². The summed E-state index contributed by atoms with van der Waals surface area (Å²) in [7, 11) is 2.16. The molecule has 6 nitrogen and oxygen atoms in total. The van der Waals surface area contributed by atoms with Crippen LogP contribution < -0.4 is 0 Å². The number of hydrogen-bond donors (Lipinski definition) is 0. The fourth-order valence-corrected chi connectivity index (χ4v) is 3.20. The summed E-state index contributed by atoms with van der Waals surface area (Å²) in [6, 6.07) is 6.46. The van der Waals surface area contributed by atoms with Crippen LogP contribution in [0.5, 0.6) is 0 Å². The van der Waals surface area contributed by atoms with Gasteiger partial charge in [-0.15, -0.1) is 5.10 Å². The van der Waals surface area contributed by atoms with Crippen molar-refractivity contribution in [1.82, 2.24) is 24.6 Å². The number of hydrogen-bond acceptors (Lipinski definition) is 5. The third-order valence-electron chi connectivity index (χ3n) is 4.57. The normalized spacial score (nSPS) is 18.2. The first-order chi connectivity index (χ1) is 11.1. The van der Waals surface area contributed by atoms with Crippen LogP contribution in [0, 0.1) is 13.8 Å². The molecule has 2 aromatic rings. The summed E-state index contributed by atoms with van der Waals surface area (Å²) >= 11 is 0. The molecule has 1 aromatic carbocycles. The molecule has 0 aliphatic carbocycles. The number of aryl methyl sites for hydroxylation is 2. The summed E-state index contributed by atoms with van der Waals surface area (Å²) in [4.78, 5) is 14.3. The third kappa shape index (κ3) is 2.63. The highest BCUT2D eigenvalue weighted by atomic mass is 15.5. The highest BCUT2D eigenvalue weighted by Gasteiger charge is 2.25. The van der Waals surface area contributed by atoms with Crippen molar-refractivity contribution in [2.24, 2.45) is 4.99 Å². The Balaban J connectivity index is 1.82. The van der Waals surface area contributed by atoms with Gasteiger partial charge in [0.15, 0.2) is 0 Å². The molecule has 0 saturated carbocycles. The minimum atomic E-state index is 0.775. The lowest BCUT2D eigenvalue weighted by atomic mass is 10.1. The van der Waals surface area contributed by atoms with Crippen LogP contribution in [-0.2, 0) is 6.42 Å². The molecular weight excluding hydrogens is 288 g/mol. The Labute approximate surface area is 136 Å². The Morgan fingerprint density at radius 3 is 2.61 bits per heavy atom. The van der Waals surface area contributed by atoms with Gasteiger partial charge in [0.2, 0.25) is 5.96 Å². The fraction of sp³-hybridized carbons (Fsp3) is 0.471. The zero-order valence-corrected chi connectivity index (χ0v) is 14.0. The molecule has 3 heterocycles. The van der Waals surface area contributed by atoms with Crippen LogP contribution in [0.3, 0.4) is 0 Å². The molecule has 0 spiro atoms. The Morgan fingerprint density at radius 2 is 1.83 bits per heavy atom. The van der Waals surface area contributed by atoms with Crippen molar-refractivity contribution >= 4 is 11.6 Å². The quantitative estimate of drug-likeness (QED) is 0.741. The van der Waals surface area contributed by atoms with Gasteiger partial charge in [-0.1, -0.05) is 12.1 Å². The largest absolute Gasteiger partial charge is 0.338 e. The average Bonchev–Trinajstić information content (AvgIpc) is 2.82. The topological polar surface area (TPSA) is 49.5 Å². The van der Waals surface area contributed by atoms with E-state index in [4.69, 9.17) is 4.99 Å². The molecule has 2 aliphatic rings. The van der Waals surface area contributed by atoms with E-state index >= 15 is 0 Å². The van der Waals surface area contributed by atoms with Crippen LogP contribution in [0.1, 0.15) is 22.8 Å². The molecule has 0 bridgehead atoms. The summed E-state index contributed by atoms with van der Waals surface area (Å²) in [5.74, 6) is 2.69. The highest BCUT2D eigenvalue weighted by Crippen LogP contribution is 2.27. The molecule has 0 amide bonds. The molecule has 23 heavy (non-hydrogen) atoms. The minimum absolute atomic E-state index is 0.775. The maximum absolute atomic E-state index is 4.99. The zero-order valence-electron chi connectivity index (χ0n) is 14.0. The van der Waals surface area contributed by atoms with Crippen molar-refractivity contribution in [2.45, 2.75) is 20.3 Å². The first-order valence-corrected chi connectivity index (χ1v) is 8.15. The van der Waals surface area contributed by atoms with Crippen LogP contribution in [-0.4, -0.2) is 63.8 Å². The smallest absolute Gasteiger partial charge is 0.228 e. The SMILES string of the molecule is Cc1ccc2c(c1)N=C(N1CCN(C)CC1)n1nc(C)nc1C2. The fourth-order valence-electron chi connectivity index (χ4n) is 3.20. The van der Waals surface area contributed by atoms with Crippen molar-refractivity contribution in [3.8, 4) is 0 Å². The number of piperazine rings is 1. The number of aromatic nitrogens is 3. The number of rotatable bonds is 0. The third-order valence-corrected chi connectivity index (χ3v) is 4.57. The molecule has 1 saturated heterocycles. The lowest BCUT2D eigenvalue weighted by Gasteiger charge is -2.34. The number of likely N-dealkylation sites (N-methyl/N-ethyl adjacent to an activating group) is 1. The number of nitrogens with zero attached hydrogens (tertiary/aromatic N) is 6. The minimum Gasteiger partial charge on any atom is -0.338 e. The van der Waals surface area contributed by atoms with E-state index in [1.54, 1.807) is 0 Å². The second kappa shape index (κ2) is 5.45. The maximum atomic E-state index is 4.99. The molecule has 0 atom stereocenters. The molecule has 0 N–H and O–H groups in total. The molecule has 1 aromatic heterocycles. The molecular formula is C17H22N6. The lowest BCUT2D eigenvalue weighted by Crippen LogP contribution is -2.49. The Hall–Kier alpha value is -2.21. The van der Waals surface area contributed by atoms with E-state index in [0.717, 1.165) is 55.9 Å². The summed E-state index contributed by atoms with van der Waals surface area (Å²) in [5, 5.41) is 4.61. The maximum Gasteiger partial charge on any atom is 0.228 e. The average molecular weight is 310 g/mol. The molecule has 120 valence electrons. The molecule has 2 aliphatic heterocycles. The van der Waals surface area contributed by atoms with E-state index in [9.17, 15) is 0 Å². The molecule has 4 rings (SSSR count). The van der Waals surface area contributed by atoms with E-state index in [0.29, 0.717) is 0 Å². The van der Waals surface area contributed by atoms with E-state index in [1.807, 2.05) is 11.6 Å². The summed E-state index contributed by atoms with van der Waals surface area (Å²) < 4.78 is 1.94. The van der Waals surface area contributed by atoms with E-state index in [2.05, 4.69) is 52.1 Å². The van der Waals surface area contributed by atoms with Crippen molar-refractivity contribution in [1.29, 1.82) is 0 Å². The predicted molar refractivity (Wildman–Crippen MR) is 90.3 cm³/mol. The monoisotopic (exact) mass is 310 g/mol.